The summed E-state index contributed by atoms with van der Waals surface area (Å²) in [5, 5.41) is 1.43. The normalized spacial score (nSPS) is 11.8. The van der Waals surface area contributed by atoms with Crippen LogP contribution in [0.3, 0.4) is 0 Å². The number of benzene rings is 1. The Balaban J connectivity index is 3.12. The molecule has 0 unspecified atom stereocenters. The molecule has 0 aromatic heterocycles. The molecule has 1 aromatic rings. The standard InChI is InChI=1S/C12H20OSi/c1-6-13-14(4,5)12-9-7-8-10(2)11(12)3/h7-9H,6H2,1-5H3. The van der Waals surface area contributed by atoms with Crippen molar-refractivity contribution in [2.24, 2.45) is 0 Å². The van der Waals surface area contributed by atoms with E-state index in [1.807, 2.05) is 0 Å². The van der Waals surface area contributed by atoms with Crippen LogP contribution in [0.5, 0.6) is 0 Å². The molecule has 0 aliphatic carbocycles. The molecule has 0 radical (unpaired) electrons. The van der Waals surface area contributed by atoms with Crippen molar-refractivity contribution in [1.29, 1.82) is 0 Å². The number of aryl methyl sites for hydroxylation is 1. The topological polar surface area (TPSA) is 9.23 Å². The molecule has 0 saturated heterocycles. The van der Waals surface area contributed by atoms with Crippen LogP contribution in [0.1, 0.15) is 18.1 Å². The highest BCUT2D eigenvalue weighted by Gasteiger charge is 2.26. The first-order chi connectivity index (χ1) is 6.49. The fraction of sp³-hybridized carbons (Fsp3) is 0.500. The minimum absolute atomic E-state index is 0.812. The van der Waals surface area contributed by atoms with E-state index in [-0.39, 0.29) is 0 Å². The molecular weight excluding hydrogens is 188 g/mol. The Morgan fingerprint density at radius 2 is 1.86 bits per heavy atom. The fourth-order valence-corrected chi connectivity index (χ4v) is 4.32. The van der Waals surface area contributed by atoms with Gasteiger partial charge in [0.25, 0.3) is 0 Å². The summed E-state index contributed by atoms with van der Waals surface area (Å²) in [6, 6.07) is 6.50. The van der Waals surface area contributed by atoms with Crippen LogP contribution in [0.25, 0.3) is 0 Å². The lowest BCUT2D eigenvalue weighted by atomic mass is 10.1. The van der Waals surface area contributed by atoms with Crippen LogP contribution in [0.4, 0.5) is 0 Å². The van der Waals surface area contributed by atoms with Gasteiger partial charge in [0.1, 0.15) is 0 Å². The molecular formula is C12H20OSi. The zero-order chi connectivity index (χ0) is 10.8. The van der Waals surface area contributed by atoms with Crippen molar-refractivity contribution < 1.29 is 4.43 Å². The molecule has 0 aliphatic heterocycles. The number of hydrogen-bond donors (Lipinski definition) is 0. The van der Waals surface area contributed by atoms with Gasteiger partial charge in [0.2, 0.25) is 8.32 Å². The van der Waals surface area contributed by atoms with E-state index in [1.54, 1.807) is 0 Å². The Kier molecular flexibility index (Phi) is 3.51. The summed E-state index contributed by atoms with van der Waals surface area (Å²) >= 11 is 0. The maximum Gasteiger partial charge on any atom is 0.218 e. The van der Waals surface area contributed by atoms with Crippen LogP contribution >= 0.6 is 0 Å². The van der Waals surface area contributed by atoms with Gasteiger partial charge in [0.15, 0.2) is 0 Å². The van der Waals surface area contributed by atoms with E-state index in [0.717, 1.165) is 6.61 Å². The maximum absolute atomic E-state index is 5.89. The lowest BCUT2D eigenvalue weighted by Gasteiger charge is -2.25. The van der Waals surface area contributed by atoms with E-state index < -0.39 is 8.32 Å². The second kappa shape index (κ2) is 4.28. The molecule has 2 heteroatoms. The fourth-order valence-electron chi connectivity index (χ4n) is 1.84. The zero-order valence-electron chi connectivity index (χ0n) is 9.85. The van der Waals surface area contributed by atoms with Gasteiger partial charge >= 0.3 is 0 Å². The molecule has 0 atom stereocenters. The third-order valence-corrected chi connectivity index (χ3v) is 5.61. The molecule has 0 saturated carbocycles. The van der Waals surface area contributed by atoms with E-state index in [4.69, 9.17) is 4.43 Å². The molecule has 1 rings (SSSR count). The Hall–Kier alpha value is -0.603. The van der Waals surface area contributed by atoms with Gasteiger partial charge < -0.3 is 4.43 Å². The second-order valence-electron chi connectivity index (χ2n) is 4.19. The van der Waals surface area contributed by atoms with Gasteiger partial charge in [-0.05, 0) is 50.2 Å². The van der Waals surface area contributed by atoms with Gasteiger partial charge in [-0.1, -0.05) is 18.2 Å². The smallest absolute Gasteiger partial charge is 0.218 e. The molecule has 0 amide bonds. The molecule has 0 heterocycles. The third-order valence-electron chi connectivity index (χ3n) is 2.76. The van der Waals surface area contributed by atoms with Crippen molar-refractivity contribution in [2.75, 3.05) is 6.61 Å². The Morgan fingerprint density at radius 1 is 1.21 bits per heavy atom. The van der Waals surface area contributed by atoms with Crippen molar-refractivity contribution in [1.82, 2.24) is 0 Å². The Morgan fingerprint density at radius 3 is 2.43 bits per heavy atom. The maximum atomic E-state index is 5.89. The Bertz CT molecular complexity index is 318. The minimum Gasteiger partial charge on any atom is -0.413 e. The SMILES string of the molecule is CCO[Si](C)(C)c1cccc(C)c1C. The van der Waals surface area contributed by atoms with E-state index in [9.17, 15) is 0 Å². The second-order valence-corrected chi connectivity index (χ2v) is 8.04. The van der Waals surface area contributed by atoms with Crippen LogP contribution in [0, 0.1) is 13.8 Å². The van der Waals surface area contributed by atoms with Crippen molar-refractivity contribution >= 4 is 13.5 Å². The first kappa shape index (κ1) is 11.5. The summed E-state index contributed by atoms with van der Waals surface area (Å²) in [6.45, 7) is 11.8. The van der Waals surface area contributed by atoms with Gasteiger partial charge in [-0.3, -0.25) is 0 Å². The van der Waals surface area contributed by atoms with E-state index in [1.165, 1.54) is 16.3 Å². The molecule has 14 heavy (non-hydrogen) atoms. The van der Waals surface area contributed by atoms with Gasteiger partial charge in [0, 0.05) is 6.61 Å². The lowest BCUT2D eigenvalue weighted by molar-refractivity contribution is 0.339. The average Bonchev–Trinajstić information content (AvgIpc) is 2.09. The average molecular weight is 208 g/mol. The predicted octanol–water partition coefficient (Wildman–Crippen LogP) is 2.75. The Labute approximate surface area is 88.2 Å². The highest BCUT2D eigenvalue weighted by molar-refractivity contribution is 6.84. The monoisotopic (exact) mass is 208 g/mol. The highest BCUT2D eigenvalue weighted by Crippen LogP contribution is 2.11. The molecule has 0 fully saturated rings. The van der Waals surface area contributed by atoms with Crippen LogP contribution in [0.15, 0.2) is 18.2 Å². The summed E-state index contributed by atoms with van der Waals surface area (Å²) in [5.41, 5.74) is 2.76. The van der Waals surface area contributed by atoms with E-state index in [0.29, 0.717) is 0 Å². The first-order valence-electron chi connectivity index (χ1n) is 5.19. The van der Waals surface area contributed by atoms with Crippen LogP contribution in [-0.4, -0.2) is 14.9 Å². The van der Waals surface area contributed by atoms with Crippen LogP contribution < -0.4 is 5.19 Å². The first-order valence-corrected chi connectivity index (χ1v) is 8.10. The van der Waals surface area contributed by atoms with Crippen molar-refractivity contribution in [3.63, 3.8) is 0 Å². The molecule has 0 bridgehead atoms. The van der Waals surface area contributed by atoms with Crippen molar-refractivity contribution in [3.8, 4) is 0 Å². The quantitative estimate of drug-likeness (QED) is 0.694. The van der Waals surface area contributed by atoms with E-state index >= 15 is 0 Å². The summed E-state index contributed by atoms with van der Waals surface area (Å²) in [6.07, 6.45) is 0. The van der Waals surface area contributed by atoms with Gasteiger partial charge in [-0.25, -0.2) is 0 Å². The molecule has 0 N–H and O–H groups in total. The van der Waals surface area contributed by atoms with Crippen LogP contribution in [-0.2, 0) is 4.43 Å². The van der Waals surface area contributed by atoms with Crippen LogP contribution in [0.2, 0.25) is 13.1 Å². The molecule has 78 valence electrons. The summed E-state index contributed by atoms with van der Waals surface area (Å²) in [5.74, 6) is 0. The molecule has 0 spiro atoms. The highest BCUT2D eigenvalue weighted by atomic mass is 28.4. The van der Waals surface area contributed by atoms with Crippen molar-refractivity contribution in [3.05, 3.63) is 29.3 Å². The number of rotatable bonds is 3. The van der Waals surface area contributed by atoms with Gasteiger partial charge in [0.05, 0.1) is 0 Å². The summed E-state index contributed by atoms with van der Waals surface area (Å²) < 4.78 is 5.89. The largest absolute Gasteiger partial charge is 0.413 e. The lowest BCUT2D eigenvalue weighted by Crippen LogP contribution is -2.46. The van der Waals surface area contributed by atoms with Crippen molar-refractivity contribution in [2.45, 2.75) is 33.9 Å². The van der Waals surface area contributed by atoms with E-state index in [2.05, 4.69) is 52.1 Å². The predicted molar refractivity (Wildman–Crippen MR) is 64.7 cm³/mol. The summed E-state index contributed by atoms with van der Waals surface area (Å²) in [7, 11) is -1.66. The molecule has 1 aromatic carbocycles. The molecule has 0 aliphatic rings. The van der Waals surface area contributed by atoms with Gasteiger partial charge in [-0.15, -0.1) is 0 Å². The zero-order valence-corrected chi connectivity index (χ0v) is 10.8. The molecule has 1 nitrogen and oxygen atoms in total. The third kappa shape index (κ3) is 2.25. The summed E-state index contributed by atoms with van der Waals surface area (Å²) in [4.78, 5) is 0. The minimum atomic E-state index is -1.66. The number of hydrogen-bond acceptors (Lipinski definition) is 1. The van der Waals surface area contributed by atoms with Gasteiger partial charge in [-0.2, -0.15) is 0 Å².